The molecule has 0 spiro atoms. The molecule has 9 heteroatoms. The number of aryl methyl sites for hydroxylation is 1. The van der Waals surface area contributed by atoms with Crippen molar-refractivity contribution in [2.24, 2.45) is 0 Å². The maximum absolute atomic E-state index is 13.5. The molecule has 0 radical (unpaired) electrons. The quantitative estimate of drug-likeness (QED) is 0.421. The standard InChI is InChI=1S/C26H29ClN2O5S/c1-18-8-11-23(12-9-18)35(31,32)29(16-20-6-5-7-22(27)14-20)17-26(30)28-19(2)21-10-13-24(33-3)25(15-21)34-4/h5-15,19H,16-17H2,1-4H3,(H,28,30). The lowest BCUT2D eigenvalue weighted by atomic mass is 10.1. The van der Waals surface area contributed by atoms with Gasteiger partial charge in [0.1, 0.15) is 0 Å². The Morgan fingerprint density at radius 3 is 2.31 bits per heavy atom. The molecule has 0 fully saturated rings. The summed E-state index contributed by atoms with van der Waals surface area (Å²) in [5, 5.41) is 3.37. The van der Waals surface area contributed by atoms with Crippen LogP contribution in [-0.2, 0) is 21.4 Å². The monoisotopic (exact) mass is 516 g/mol. The van der Waals surface area contributed by atoms with Crippen LogP contribution < -0.4 is 14.8 Å². The lowest BCUT2D eigenvalue weighted by Gasteiger charge is -2.23. The van der Waals surface area contributed by atoms with E-state index in [4.69, 9.17) is 21.1 Å². The zero-order valence-corrected chi connectivity index (χ0v) is 21.7. The molecule has 0 aromatic heterocycles. The van der Waals surface area contributed by atoms with Crippen LogP contribution >= 0.6 is 11.6 Å². The van der Waals surface area contributed by atoms with Gasteiger partial charge in [0.2, 0.25) is 15.9 Å². The number of halogens is 1. The van der Waals surface area contributed by atoms with Crippen molar-refractivity contribution in [1.82, 2.24) is 9.62 Å². The van der Waals surface area contributed by atoms with Gasteiger partial charge < -0.3 is 14.8 Å². The topological polar surface area (TPSA) is 84.9 Å². The molecule has 0 aliphatic rings. The Kier molecular flexibility index (Phi) is 8.77. The number of rotatable bonds is 10. The van der Waals surface area contributed by atoms with Crippen LogP contribution in [0.3, 0.4) is 0 Å². The van der Waals surface area contributed by atoms with Crippen LogP contribution in [0.2, 0.25) is 5.02 Å². The van der Waals surface area contributed by atoms with Gasteiger partial charge in [-0.05, 0) is 61.4 Å². The number of amides is 1. The first-order chi connectivity index (χ1) is 16.6. The highest BCUT2D eigenvalue weighted by molar-refractivity contribution is 7.89. The lowest BCUT2D eigenvalue weighted by Crippen LogP contribution is -2.41. The van der Waals surface area contributed by atoms with E-state index < -0.39 is 22.0 Å². The van der Waals surface area contributed by atoms with Crippen LogP contribution in [0.1, 0.15) is 29.7 Å². The Morgan fingerprint density at radius 1 is 1.00 bits per heavy atom. The van der Waals surface area contributed by atoms with Crippen molar-refractivity contribution in [3.05, 3.63) is 88.4 Å². The minimum atomic E-state index is -3.95. The Morgan fingerprint density at radius 2 is 1.69 bits per heavy atom. The lowest BCUT2D eigenvalue weighted by molar-refractivity contribution is -0.122. The smallest absolute Gasteiger partial charge is 0.243 e. The van der Waals surface area contributed by atoms with Crippen molar-refractivity contribution in [2.45, 2.75) is 31.3 Å². The summed E-state index contributed by atoms with van der Waals surface area (Å²) in [4.78, 5) is 13.1. The van der Waals surface area contributed by atoms with Crippen molar-refractivity contribution in [2.75, 3.05) is 20.8 Å². The van der Waals surface area contributed by atoms with E-state index in [9.17, 15) is 13.2 Å². The van der Waals surface area contributed by atoms with Crippen LogP contribution in [0, 0.1) is 6.92 Å². The van der Waals surface area contributed by atoms with Gasteiger partial charge in [-0.25, -0.2) is 8.42 Å². The van der Waals surface area contributed by atoms with Crippen LogP contribution in [0.15, 0.2) is 71.6 Å². The predicted molar refractivity (Wildman–Crippen MR) is 136 cm³/mol. The molecule has 0 aliphatic carbocycles. The van der Waals surface area contributed by atoms with Gasteiger partial charge in [0.15, 0.2) is 11.5 Å². The van der Waals surface area contributed by atoms with Crippen LogP contribution in [-0.4, -0.2) is 39.4 Å². The molecule has 3 aromatic carbocycles. The zero-order chi connectivity index (χ0) is 25.6. The summed E-state index contributed by atoms with van der Waals surface area (Å²) in [6.45, 7) is 3.33. The van der Waals surface area contributed by atoms with E-state index in [0.29, 0.717) is 22.1 Å². The molecule has 0 aliphatic heterocycles. The molecule has 3 aromatic rings. The van der Waals surface area contributed by atoms with Gasteiger partial charge in [0.25, 0.3) is 0 Å². The highest BCUT2D eigenvalue weighted by atomic mass is 35.5. The van der Waals surface area contributed by atoms with E-state index in [-0.39, 0.29) is 18.0 Å². The third-order valence-electron chi connectivity index (χ3n) is 5.51. The molecule has 35 heavy (non-hydrogen) atoms. The summed E-state index contributed by atoms with van der Waals surface area (Å²) in [5.41, 5.74) is 2.40. The highest BCUT2D eigenvalue weighted by Crippen LogP contribution is 2.30. The van der Waals surface area contributed by atoms with Gasteiger partial charge >= 0.3 is 0 Å². The summed E-state index contributed by atoms with van der Waals surface area (Å²) in [5.74, 6) is 0.673. The Balaban J connectivity index is 1.83. The molecule has 1 amide bonds. The van der Waals surface area contributed by atoms with Gasteiger partial charge in [0, 0.05) is 11.6 Å². The van der Waals surface area contributed by atoms with Gasteiger partial charge in [-0.3, -0.25) is 4.79 Å². The number of carbonyl (C=O) groups excluding carboxylic acids is 1. The first-order valence-electron chi connectivity index (χ1n) is 11.0. The van der Waals surface area contributed by atoms with Crippen molar-refractivity contribution >= 4 is 27.5 Å². The third-order valence-corrected chi connectivity index (χ3v) is 7.55. The Bertz CT molecular complexity index is 1280. The summed E-state index contributed by atoms with van der Waals surface area (Å²) in [6, 6.07) is 18.4. The molecular formula is C26H29ClN2O5S. The third kappa shape index (κ3) is 6.75. The number of carbonyl (C=O) groups is 1. The van der Waals surface area contributed by atoms with Crippen molar-refractivity contribution in [1.29, 1.82) is 0 Å². The molecule has 7 nitrogen and oxygen atoms in total. The molecule has 0 saturated carbocycles. The van der Waals surface area contributed by atoms with E-state index in [2.05, 4.69) is 5.32 Å². The fourth-order valence-electron chi connectivity index (χ4n) is 3.58. The fourth-order valence-corrected chi connectivity index (χ4v) is 5.17. The summed E-state index contributed by atoms with van der Waals surface area (Å²) in [6.07, 6.45) is 0. The van der Waals surface area contributed by atoms with E-state index in [0.717, 1.165) is 15.4 Å². The summed E-state index contributed by atoms with van der Waals surface area (Å²) < 4.78 is 38.7. The molecule has 3 rings (SSSR count). The minimum absolute atomic E-state index is 0.00503. The number of methoxy groups -OCH3 is 2. The van der Waals surface area contributed by atoms with Gasteiger partial charge in [0.05, 0.1) is 31.7 Å². The van der Waals surface area contributed by atoms with Gasteiger partial charge in [-0.15, -0.1) is 0 Å². The molecule has 1 unspecified atom stereocenters. The van der Waals surface area contributed by atoms with Gasteiger partial charge in [-0.1, -0.05) is 47.5 Å². The largest absolute Gasteiger partial charge is 0.493 e. The number of nitrogens with one attached hydrogen (secondary N) is 1. The normalized spacial score (nSPS) is 12.3. The molecule has 0 heterocycles. The van der Waals surface area contributed by atoms with Crippen LogP contribution in [0.5, 0.6) is 11.5 Å². The fraction of sp³-hybridized carbons (Fsp3) is 0.269. The second-order valence-corrected chi connectivity index (χ2v) is 10.5. The summed E-state index contributed by atoms with van der Waals surface area (Å²) in [7, 11) is -0.868. The number of ether oxygens (including phenoxy) is 2. The zero-order valence-electron chi connectivity index (χ0n) is 20.1. The number of hydrogen-bond acceptors (Lipinski definition) is 5. The van der Waals surface area contributed by atoms with E-state index >= 15 is 0 Å². The molecule has 1 N–H and O–H groups in total. The van der Waals surface area contributed by atoms with Crippen molar-refractivity contribution < 1.29 is 22.7 Å². The van der Waals surface area contributed by atoms with Crippen molar-refractivity contribution in [3.63, 3.8) is 0 Å². The second-order valence-electron chi connectivity index (χ2n) is 8.12. The number of sulfonamides is 1. The van der Waals surface area contributed by atoms with Gasteiger partial charge in [-0.2, -0.15) is 4.31 Å². The molecule has 0 bridgehead atoms. The maximum Gasteiger partial charge on any atom is 0.243 e. The van der Waals surface area contributed by atoms with E-state index in [1.165, 1.54) is 7.11 Å². The molecule has 0 saturated heterocycles. The van der Waals surface area contributed by atoms with Crippen LogP contribution in [0.25, 0.3) is 0 Å². The summed E-state index contributed by atoms with van der Waals surface area (Å²) >= 11 is 6.10. The average molecular weight is 517 g/mol. The van der Waals surface area contributed by atoms with Crippen molar-refractivity contribution in [3.8, 4) is 11.5 Å². The average Bonchev–Trinajstić information content (AvgIpc) is 2.83. The van der Waals surface area contributed by atoms with E-state index in [1.807, 2.05) is 19.9 Å². The predicted octanol–water partition coefficient (Wildman–Crippen LogP) is 4.73. The number of hydrogen-bond donors (Lipinski definition) is 1. The Hall–Kier alpha value is -3.07. The second kappa shape index (κ2) is 11.6. The number of benzene rings is 3. The maximum atomic E-state index is 13.5. The number of nitrogens with zero attached hydrogens (tertiary/aromatic N) is 1. The molecular weight excluding hydrogens is 488 g/mol. The minimum Gasteiger partial charge on any atom is -0.493 e. The first kappa shape index (κ1) is 26.5. The van der Waals surface area contributed by atoms with E-state index in [1.54, 1.807) is 67.8 Å². The first-order valence-corrected chi connectivity index (χ1v) is 12.8. The Labute approximate surface area is 211 Å². The van der Waals surface area contributed by atoms with Crippen LogP contribution in [0.4, 0.5) is 0 Å². The molecule has 1 atom stereocenters. The highest BCUT2D eigenvalue weighted by Gasteiger charge is 2.27. The molecule has 186 valence electrons. The SMILES string of the molecule is COc1ccc(C(C)NC(=O)CN(Cc2cccc(Cl)c2)S(=O)(=O)c2ccc(C)cc2)cc1OC.